The van der Waals surface area contributed by atoms with E-state index in [2.05, 4.69) is 43.3 Å². The molecule has 6 heteroatoms. The van der Waals surface area contributed by atoms with Crippen LogP contribution in [0.2, 0.25) is 0 Å². The van der Waals surface area contributed by atoms with E-state index in [1.165, 1.54) is 5.56 Å². The fraction of sp³-hybridized carbons (Fsp3) is 0.267. The summed E-state index contributed by atoms with van der Waals surface area (Å²) < 4.78 is 8.15. The van der Waals surface area contributed by atoms with Crippen LogP contribution in [0, 0.1) is 0 Å². The first-order chi connectivity index (χ1) is 10.1. The van der Waals surface area contributed by atoms with Gasteiger partial charge in [-0.1, -0.05) is 28.9 Å². The Morgan fingerprint density at radius 1 is 1.33 bits per heavy atom. The van der Waals surface area contributed by atoms with Crippen molar-refractivity contribution in [3.8, 4) is 0 Å². The number of benzene rings is 1. The van der Waals surface area contributed by atoms with Crippen LogP contribution in [0.25, 0.3) is 11.1 Å². The van der Waals surface area contributed by atoms with Crippen LogP contribution in [-0.2, 0) is 6.54 Å². The van der Waals surface area contributed by atoms with Gasteiger partial charge in [0.1, 0.15) is 0 Å². The molecule has 0 aliphatic heterocycles. The lowest BCUT2D eigenvalue weighted by Crippen LogP contribution is -2.13. The Morgan fingerprint density at radius 3 is 2.81 bits per heavy atom. The molecule has 1 atom stereocenters. The molecule has 0 bridgehead atoms. The van der Waals surface area contributed by atoms with E-state index < -0.39 is 0 Å². The van der Waals surface area contributed by atoms with E-state index in [-0.39, 0.29) is 10.6 Å². The molecular weight excluding hydrogens is 418 g/mol. The molecule has 0 fully saturated rings. The molecule has 3 rings (SSSR count). The average Bonchev–Trinajstić information content (AvgIpc) is 3.02. The maximum absolute atomic E-state index is 11.9. The van der Waals surface area contributed by atoms with Gasteiger partial charge >= 0.3 is 5.76 Å². The van der Waals surface area contributed by atoms with Crippen LogP contribution in [0.4, 0.5) is 0 Å². The van der Waals surface area contributed by atoms with Crippen LogP contribution in [-0.4, -0.2) is 4.57 Å². The molecule has 1 aromatic carbocycles. The summed E-state index contributed by atoms with van der Waals surface area (Å²) in [5.41, 5.74) is 3.76. The van der Waals surface area contributed by atoms with E-state index in [1.807, 2.05) is 25.1 Å². The Hall–Kier alpha value is -0.850. The predicted octanol–water partition coefficient (Wildman–Crippen LogP) is 5.31. The highest BCUT2D eigenvalue weighted by Crippen LogP contribution is 2.36. The number of hydrogen-bond acceptors (Lipinski definition) is 3. The van der Waals surface area contributed by atoms with Gasteiger partial charge in [0, 0.05) is 6.54 Å². The molecule has 0 amide bonds. The maximum atomic E-state index is 11.9. The second kappa shape index (κ2) is 6.10. The van der Waals surface area contributed by atoms with E-state index >= 15 is 0 Å². The molecule has 0 radical (unpaired) electrons. The molecule has 0 spiro atoms. The number of rotatable bonds is 4. The highest BCUT2D eigenvalue weighted by atomic mass is 79.9. The number of oxazole rings is 1. The zero-order chi connectivity index (χ0) is 15.0. The van der Waals surface area contributed by atoms with Crippen LogP contribution in [0.15, 0.2) is 42.6 Å². The van der Waals surface area contributed by atoms with Gasteiger partial charge in [0.2, 0.25) is 0 Å². The van der Waals surface area contributed by atoms with Gasteiger partial charge in [-0.25, -0.2) is 4.79 Å². The highest BCUT2D eigenvalue weighted by molar-refractivity contribution is 9.11. The van der Waals surface area contributed by atoms with Crippen molar-refractivity contribution in [2.24, 2.45) is 0 Å². The molecule has 2 aromatic heterocycles. The lowest BCUT2D eigenvalue weighted by Gasteiger charge is -2.08. The summed E-state index contributed by atoms with van der Waals surface area (Å²) in [6.07, 6.45) is 0.903. The summed E-state index contributed by atoms with van der Waals surface area (Å²) in [6.45, 7) is 2.73. The molecule has 0 aliphatic rings. The predicted molar refractivity (Wildman–Crippen MR) is 93.6 cm³/mol. The fourth-order valence-electron chi connectivity index (χ4n) is 2.32. The third-order valence-corrected chi connectivity index (χ3v) is 5.89. The van der Waals surface area contributed by atoms with Crippen molar-refractivity contribution >= 4 is 54.3 Å². The molecule has 0 N–H and O–H groups in total. The first-order valence-electron chi connectivity index (χ1n) is 6.61. The SMILES string of the molecule is CCCn1c(=O)oc2cc(C(Br)c3csc(Br)c3)ccc21. The normalized spacial score (nSPS) is 12.9. The Labute approximate surface area is 142 Å². The number of thiophene rings is 1. The van der Waals surface area contributed by atoms with E-state index in [1.54, 1.807) is 15.9 Å². The summed E-state index contributed by atoms with van der Waals surface area (Å²) in [4.78, 5) is 12.0. The Balaban J connectivity index is 2.03. The lowest BCUT2D eigenvalue weighted by atomic mass is 10.1. The molecule has 3 aromatic rings. The molecule has 21 heavy (non-hydrogen) atoms. The number of aryl methyl sites for hydroxylation is 1. The third kappa shape index (κ3) is 2.89. The molecule has 110 valence electrons. The summed E-state index contributed by atoms with van der Waals surface area (Å²) in [6, 6.07) is 8.02. The highest BCUT2D eigenvalue weighted by Gasteiger charge is 2.15. The molecule has 0 aliphatic carbocycles. The van der Waals surface area contributed by atoms with Gasteiger partial charge in [0.25, 0.3) is 0 Å². The van der Waals surface area contributed by atoms with Crippen molar-refractivity contribution in [2.45, 2.75) is 24.7 Å². The van der Waals surface area contributed by atoms with Gasteiger partial charge in [0.15, 0.2) is 5.58 Å². The largest absolute Gasteiger partial charge is 0.419 e. The van der Waals surface area contributed by atoms with Crippen LogP contribution >= 0.6 is 43.2 Å². The van der Waals surface area contributed by atoms with Crippen molar-refractivity contribution in [3.63, 3.8) is 0 Å². The van der Waals surface area contributed by atoms with Crippen molar-refractivity contribution in [1.82, 2.24) is 4.57 Å². The van der Waals surface area contributed by atoms with E-state index in [0.717, 1.165) is 21.3 Å². The van der Waals surface area contributed by atoms with Crippen molar-refractivity contribution < 1.29 is 4.42 Å². The third-order valence-electron chi connectivity index (χ3n) is 3.31. The lowest BCUT2D eigenvalue weighted by molar-refractivity contribution is 0.502. The molecule has 0 saturated carbocycles. The Bertz CT molecular complexity index is 834. The van der Waals surface area contributed by atoms with Gasteiger partial charge in [-0.2, -0.15) is 0 Å². The molecule has 3 nitrogen and oxygen atoms in total. The summed E-state index contributed by atoms with van der Waals surface area (Å²) >= 11 is 8.84. The molecule has 1 unspecified atom stereocenters. The Kier molecular flexibility index (Phi) is 4.38. The van der Waals surface area contributed by atoms with Gasteiger partial charge in [-0.3, -0.25) is 4.57 Å². The second-order valence-corrected chi connectivity index (χ2v) is 8.00. The minimum atomic E-state index is -0.284. The number of fused-ring (bicyclic) bond motifs is 1. The quantitative estimate of drug-likeness (QED) is 0.525. The van der Waals surface area contributed by atoms with Gasteiger partial charge in [0.05, 0.1) is 14.1 Å². The van der Waals surface area contributed by atoms with Crippen molar-refractivity contribution in [2.75, 3.05) is 0 Å². The van der Waals surface area contributed by atoms with E-state index in [9.17, 15) is 4.79 Å². The number of alkyl halides is 1. The topological polar surface area (TPSA) is 35.1 Å². The zero-order valence-electron chi connectivity index (χ0n) is 11.3. The van der Waals surface area contributed by atoms with Crippen LogP contribution < -0.4 is 5.76 Å². The molecule has 0 saturated heterocycles. The molecule has 2 heterocycles. The summed E-state index contributed by atoms with van der Waals surface area (Å²) in [5, 5.41) is 2.10. The smallest absolute Gasteiger partial charge is 0.408 e. The monoisotopic (exact) mass is 429 g/mol. The first kappa shape index (κ1) is 15.1. The van der Waals surface area contributed by atoms with Crippen molar-refractivity contribution in [1.29, 1.82) is 0 Å². The fourth-order valence-corrected chi connectivity index (χ4v) is 4.25. The zero-order valence-corrected chi connectivity index (χ0v) is 15.3. The second-order valence-electron chi connectivity index (χ2n) is 4.79. The van der Waals surface area contributed by atoms with Gasteiger partial charge in [-0.05, 0) is 57.1 Å². The maximum Gasteiger partial charge on any atom is 0.419 e. The molecular formula is C15H13Br2NO2S. The number of nitrogens with zero attached hydrogens (tertiary/aromatic N) is 1. The number of aromatic nitrogens is 1. The Morgan fingerprint density at radius 2 is 2.14 bits per heavy atom. The van der Waals surface area contributed by atoms with Gasteiger partial charge in [-0.15, -0.1) is 11.3 Å². The van der Waals surface area contributed by atoms with E-state index in [0.29, 0.717) is 12.1 Å². The number of hydrogen-bond donors (Lipinski definition) is 0. The summed E-state index contributed by atoms with van der Waals surface area (Å²) in [5.74, 6) is -0.284. The first-order valence-corrected chi connectivity index (χ1v) is 9.20. The van der Waals surface area contributed by atoms with Crippen LogP contribution in [0.3, 0.4) is 0 Å². The summed E-state index contributed by atoms with van der Waals surface area (Å²) in [7, 11) is 0. The number of halogens is 2. The minimum Gasteiger partial charge on any atom is -0.408 e. The minimum absolute atomic E-state index is 0.0873. The van der Waals surface area contributed by atoms with Crippen LogP contribution in [0.1, 0.15) is 29.3 Å². The van der Waals surface area contributed by atoms with E-state index in [4.69, 9.17) is 4.42 Å². The standard InChI is InChI=1S/C15H13Br2NO2S/c1-2-5-18-11-4-3-9(6-12(11)20-15(18)19)14(17)10-7-13(16)21-8-10/h3-4,6-8,14H,2,5H2,1H3. The van der Waals surface area contributed by atoms with Crippen LogP contribution in [0.5, 0.6) is 0 Å². The average molecular weight is 431 g/mol. The van der Waals surface area contributed by atoms with Crippen molar-refractivity contribution in [3.05, 3.63) is 55.1 Å². The van der Waals surface area contributed by atoms with Gasteiger partial charge < -0.3 is 4.42 Å².